The van der Waals surface area contributed by atoms with Gasteiger partial charge in [0.15, 0.2) is 5.16 Å². The summed E-state index contributed by atoms with van der Waals surface area (Å²) < 4.78 is 5.10. The lowest BCUT2D eigenvalue weighted by Crippen LogP contribution is -2.15. The molecule has 140 valence electrons. The second-order valence-corrected chi connectivity index (χ2v) is 8.38. The van der Waals surface area contributed by atoms with Gasteiger partial charge in [-0.15, -0.1) is 11.3 Å². The number of aromatic amines is 1. The number of benzene rings is 1. The number of H-pyrrole nitrogens is 1. The van der Waals surface area contributed by atoms with E-state index in [1.54, 1.807) is 42.7 Å². The van der Waals surface area contributed by atoms with Crippen LogP contribution >= 0.6 is 23.1 Å². The molecule has 0 radical (unpaired) electrons. The molecule has 0 unspecified atom stereocenters. The number of ether oxygens (including phenoxy) is 1. The fourth-order valence-electron chi connectivity index (χ4n) is 3.22. The van der Waals surface area contributed by atoms with Gasteiger partial charge in [0, 0.05) is 10.6 Å². The van der Waals surface area contributed by atoms with Crippen molar-refractivity contribution in [2.24, 2.45) is 0 Å². The molecule has 1 amide bonds. The Balaban J connectivity index is 1.45. The molecule has 6 nitrogen and oxygen atoms in total. The van der Waals surface area contributed by atoms with Crippen molar-refractivity contribution in [3.63, 3.8) is 0 Å². The molecule has 0 bridgehead atoms. The molecule has 3 aromatic rings. The highest BCUT2D eigenvalue weighted by atomic mass is 32.2. The summed E-state index contributed by atoms with van der Waals surface area (Å²) >= 11 is 2.85. The molecular formula is C19H19N3O3S2. The molecule has 8 heteroatoms. The van der Waals surface area contributed by atoms with Crippen LogP contribution in [0.25, 0.3) is 10.2 Å². The van der Waals surface area contributed by atoms with Gasteiger partial charge in [0.05, 0.1) is 18.2 Å². The lowest BCUT2D eigenvalue weighted by molar-refractivity contribution is -0.113. The number of nitrogens with zero attached hydrogens (tertiary/aromatic N) is 1. The Labute approximate surface area is 164 Å². The van der Waals surface area contributed by atoms with E-state index in [1.807, 2.05) is 0 Å². The number of anilines is 1. The Morgan fingerprint density at radius 3 is 2.85 bits per heavy atom. The maximum atomic E-state index is 12.5. The van der Waals surface area contributed by atoms with Gasteiger partial charge in [-0.05, 0) is 55.5 Å². The molecule has 0 aliphatic heterocycles. The van der Waals surface area contributed by atoms with E-state index in [2.05, 4.69) is 15.3 Å². The largest absolute Gasteiger partial charge is 0.497 e. The number of methoxy groups -OCH3 is 1. The Bertz CT molecular complexity index is 1040. The number of amides is 1. The third kappa shape index (κ3) is 3.86. The first-order chi connectivity index (χ1) is 13.1. The second kappa shape index (κ2) is 7.74. The number of rotatable bonds is 5. The van der Waals surface area contributed by atoms with Crippen LogP contribution in [0.2, 0.25) is 0 Å². The quantitative estimate of drug-likeness (QED) is 0.504. The SMILES string of the molecule is COc1ccc(NC(=O)CSc2nc3sc4c(c3c(=O)[nH]2)CCCC4)cc1. The molecule has 0 saturated carbocycles. The minimum Gasteiger partial charge on any atom is -0.497 e. The molecule has 1 aromatic carbocycles. The van der Waals surface area contributed by atoms with E-state index < -0.39 is 0 Å². The normalized spacial score (nSPS) is 13.4. The zero-order valence-corrected chi connectivity index (χ0v) is 16.5. The van der Waals surface area contributed by atoms with Crippen LogP contribution in [-0.2, 0) is 17.6 Å². The lowest BCUT2D eigenvalue weighted by atomic mass is 9.97. The van der Waals surface area contributed by atoms with Crippen molar-refractivity contribution in [2.75, 3.05) is 18.2 Å². The molecule has 0 spiro atoms. The average molecular weight is 402 g/mol. The third-order valence-corrected chi connectivity index (χ3v) is 6.58. The maximum Gasteiger partial charge on any atom is 0.260 e. The Morgan fingerprint density at radius 1 is 1.30 bits per heavy atom. The van der Waals surface area contributed by atoms with Crippen molar-refractivity contribution in [1.29, 1.82) is 0 Å². The van der Waals surface area contributed by atoms with Gasteiger partial charge in [-0.2, -0.15) is 0 Å². The maximum absolute atomic E-state index is 12.5. The summed E-state index contributed by atoms with van der Waals surface area (Å²) in [7, 11) is 1.60. The molecule has 4 rings (SSSR count). The van der Waals surface area contributed by atoms with Gasteiger partial charge in [-0.1, -0.05) is 11.8 Å². The number of carbonyl (C=O) groups excluding carboxylic acids is 1. The summed E-state index contributed by atoms with van der Waals surface area (Å²) in [6.07, 6.45) is 4.28. The highest BCUT2D eigenvalue weighted by Gasteiger charge is 2.20. The lowest BCUT2D eigenvalue weighted by Gasteiger charge is -2.09. The number of thioether (sulfide) groups is 1. The number of aromatic nitrogens is 2. The Hall–Kier alpha value is -2.32. The van der Waals surface area contributed by atoms with E-state index >= 15 is 0 Å². The number of carbonyl (C=O) groups is 1. The van der Waals surface area contributed by atoms with Crippen molar-refractivity contribution in [2.45, 2.75) is 30.8 Å². The first-order valence-corrected chi connectivity index (χ1v) is 10.6. The molecule has 2 heterocycles. The van der Waals surface area contributed by atoms with Crippen molar-refractivity contribution in [3.05, 3.63) is 45.1 Å². The number of hydrogen-bond acceptors (Lipinski definition) is 6. The van der Waals surface area contributed by atoms with Gasteiger partial charge in [-0.25, -0.2) is 4.98 Å². The molecule has 2 aromatic heterocycles. The predicted molar refractivity (Wildman–Crippen MR) is 109 cm³/mol. The fourth-order valence-corrected chi connectivity index (χ4v) is 5.20. The minimum atomic E-state index is -0.154. The standard InChI is InChI=1S/C19H19N3O3S2/c1-25-12-8-6-11(7-9-12)20-15(23)10-26-19-21-17(24)16-13-4-2-3-5-14(13)27-18(16)22-19/h6-9H,2-5,10H2,1H3,(H,20,23)(H,21,22,24). The molecule has 1 aliphatic rings. The number of aryl methyl sites for hydroxylation is 2. The van der Waals surface area contributed by atoms with Crippen molar-refractivity contribution < 1.29 is 9.53 Å². The van der Waals surface area contributed by atoms with E-state index in [0.717, 1.165) is 35.2 Å². The molecule has 0 atom stereocenters. The van der Waals surface area contributed by atoms with Gasteiger partial charge in [-0.3, -0.25) is 9.59 Å². The minimum absolute atomic E-state index is 0.0996. The van der Waals surface area contributed by atoms with Crippen LogP contribution in [0.1, 0.15) is 23.3 Å². The smallest absolute Gasteiger partial charge is 0.260 e. The summed E-state index contributed by atoms with van der Waals surface area (Å²) in [5.41, 5.74) is 1.77. The van der Waals surface area contributed by atoms with E-state index in [0.29, 0.717) is 10.8 Å². The summed E-state index contributed by atoms with van der Waals surface area (Å²) in [5, 5.41) is 4.04. The van der Waals surface area contributed by atoms with E-state index in [1.165, 1.54) is 28.6 Å². The van der Waals surface area contributed by atoms with Crippen LogP contribution in [0.15, 0.2) is 34.2 Å². The van der Waals surface area contributed by atoms with Crippen LogP contribution in [0.5, 0.6) is 5.75 Å². The van der Waals surface area contributed by atoms with Crippen LogP contribution in [0.3, 0.4) is 0 Å². The number of hydrogen-bond donors (Lipinski definition) is 2. The predicted octanol–water partition coefficient (Wildman–Crippen LogP) is 3.60. The molecular weight excluding hydrogens is 382 g/mol. The zero-order valence-electron chi connectivity index (χ0n) is 14.8. The van der Waals surface area contributed by atoms with Gasteiger partial charge >= 0.3 is 0 Å². The van der Waals surface area contributed by atoms with Gasteiger partial charge in [0.2, 0.25) is 5.91 Å². The summed E-state index contributed by atoms with van der Waals surface area (Å²) in [5.74, 6) is 0.750. The third-order valence-electron chi connectivity index (χ3n) is 4.52. The van der Waals surface area contributed by atoms with Gasteiger partial charge < -0.3 is 15.0 Å². The summed E-state index contributed by atoms with van der Waals surface area (Å²) in [6.45, 7) is 0. The van der Waals surface area contributed by atoms with Gasteiger partial charge in [0.25, 0.3) is 5.56 Å². The van der Waals surface area contributed by atoms with E-state index in [9.17, 15) is 9.59 Å². The number of thiophene rings is 1. The van der Waals surface area contributed by atoms with Crippen LogP contribution < -0.4 is 15.6 Å². The second-order valence-electron chi connectivity index (χ2n) is 6.33. The topological polar surface area (TPSA) is 84.1 Å². The number of nitrogens with one attached hydrogen (secondary N) is 2. The van der Waals surface area contributed by atoms with Crippen molar-refractivity contribution in [3.8, 4) is 5.75 Å². The summed E-state index contributed by atoms with van der Waals surface area (Å²) in [4.78, 5) is 34.1. The van der Waals surface area contributed by atoms with E-state index in [-0.39, 0.29) is 17.2 Å². The first kappa shape index (κ1) is 18.1. The van der Waals surface area contributed by atoms with Crippen LogP contribution in [0.4, 0.5) is 5.69 Å². The highest BCUT2D eigenvalue weighted by molar-refractivity contribution is 7.99. The van der Waals surface area contributed by atoms with Crippen LogP contribution in [-0.4, -0.2) is 28.7 Å². The zero-order chi connectivity index (χ0) is 18.8. The highest BCUT2D eigenvalue weighted by Crippen LogP contribution is 2.34. The molecule has 2 N–H and O–H groups in total. The van der Waals surface area contributed by atoms with Crippen LogP contribution in [0, 0.1) is 0 Å². The summed E-state index contributed by atoms with van der Waals surface area (Å²) in [6, 6.07) is 7.13. The van der Waals surface area contributed by atoms with Crippen molar-refractivity contribution >= 4 is 44.9 Å². The van der Waals surface area contributed by atoms with E-state index in [4.69, 9.17) is 4.74 Å². The average Bonchev–Trinajstić information content (AvgIpc) is 3.06. The molecule has 1 aliphatic carbocycles. The molecule has 0 fully saturated rings. The first-order valence-electron chi connectivity index (χ1n) is 8.75. The number of fused-ring (bicyclic) bond motifs is 3. The Morgan fingerprint density at radius 2 is 2.07 bits per heavy atom. The molecule has 0 saturated heterocycles. The monoisotopic (exact) mass is 401 g/mol. The van der Waals surface area contributed by atoms with Crippen molar-refractivity contribution in [1.82, 2.24) is 9.97 Å². The molecule has 27 heavy (non-hydrogen) atoms. The van der Waals surface area contributed by atoms with Gasteiger partial charge in [0.1, 0.15) is 10.6 Å². The fraction of sp³-hybridized carbons (Fsp3) is 0.316. The Kier molecular flexibility index (Phi) is 5.18.